The minimum atomic E-state index is 1.19. The van der Waals surface area contributed by atoms with Gasteiger partial charge in [0.25, 0.3) is 0 Å². The number of hydrogen-bond donors (Lipinski definition) is 0. The number of halogens is 1. The zero-order chi connectivity index (χ0) is 11.5. The van der Waals surface area contributed by atoms with Gasteiger partial charge in [-0.1, -0.05) is 43.0 Å². The van der Waals surface area contributed by atoms with Crippen molar-refractivity contribution in [2.24, 2.45) is 0 Å². The summed E-state index contributed by atoms with van der Waals surface area (Å²) in [4.78, 5) is 0. The molecule has 80 valence electrons. The van der Waals surface area contributed by atoms with E-state index in [1.54, 1.807) is 0 Å². The third-order valence-electron chi connectivity index (χ3n) is 2.61. The second-order valence-electron chi connectivity index (χ2n) is 3.64. The van der Waals surface area contributed by atoms with Gasteiger partial charge >= 0.3 is 0 Å². The molecule has 1 heteroatoms. The summed E-state index contributed by atoms with van der Waals surface area (Å²) in [5.74, 6) is 0. The lowest BCUT2D eigenvalue weighted by atomic mass is 9.98. The molecule has 0 saturated carbocycles. The summed E-state index contributed by atoms with van der Waals surface area (Å²) in [6.07, 6.45) is 6.12. The predicted molar refractivity (Wildman–Crippen MR) is 81.5 cm³/mol. The average molecular weight is 320 g/mol. The van der Waals surface area contributed by atoms with Gasteiger partial charge in [0, 0.05) is 3.57 Å². The summed E-state index contributed by atoms with van der Waals surface area (Å²) in [6.45, 7) is 5.90. The standard InChI is InChI=1S/C15H13I/c1-3-5-14-11(4-2)6-7-12-10-13(16)8-9-15(12)14/h3-10H,2H2,1H3/b5-3-. The van der Waals surface area contributed by atoms with Gasteiger partial charge < -0.3 is 0 Å². The van der Waals surface area contributed by atoms with Crippen molar-refractivity contribution in [1.82, 2.24) is 0 Å². The molecule has 0 aliphatic rings. The minimum absolute atomic E-state index is 1.19. The molecule has 0 radical (unpaired) electrons. The molecule has 0 aromatic heterocycles. The maximum atomic E-state index is 3.86. The van der Waals surface area contributed by atoms with Crippen LogP contribution in [0.5, 0.6) is 0 Å². The first-order valence-corrected chi connectivity index (χ1v) is 6.31. The van der Waals surface area contributed by atoms with Crippen molar-refractivity contribution < 1.29 is 0 Å². The van der Waals surface area contributed by atoms with Crippen LogP contribution >= 0.6 is 22.6 Å². The highest BCUT2D eigenvalue weighted by molar-refractivity contribution is 14.1. The fourth-order valence-electron chi connectivity index (χ4n) is 1.87. The predicted octanol–water partition coefficient (Wildman–Crippen LogP) is 5.12. The molecule has 2 rings (SSSR count). The first kappa shape index (κ1) is 11.4. The van der Waals surface area contributed by atoms with E-state index in [1.807, 2.05) is 13.0 Å². The molecule has 0 saturated heterocycles. The van der Waals surface area contributed by atoms with Crippen LogP contribution in [0.2, 0.25) is 0 Å². The van der Waals surface area contributed by atoms with Crippen molar-refractivity contribution in [3.8, 4) is 0 Å². The van der Waals surface area contributed by atoms with E-state index in [-0.39, 0.29) is 0 Å². The summed E-state index contributed by atoms with van der Waals surface area (Å²) >= 11 is 2.34. The molecule has 0 bridgehead atoms. The van der Waals surface area contributed by atoms with Crippen LogP contribution in [-0.2, 0) is 0 Å². The van der Waals surface area contributed by atoms with Crippen LogP contribution in [0.1, 0.15) is 18.1 Å². The monoisotopic (exact) mass is 320 g/mol. The fraction of sp³-hybridized carbons (Fsp3) is 0.0667. The Bertz CT molecular complexity index is 565. The number of hydrogen-bond acceptors (Lipinski definition) is 0. The molecule has 0 spiro atoms. The Balaban J connectivity index is 2.83. The van der Waals surface area contributed by atoms with E-state index >= 15 is 0 Å². The first-order chi connectivity index (χ1) is 7.76. The quantitative estimate of drug-likeness (QED) is 0.674. The molecular weight excluding hydrogens is 307 g/mol. The Morgan fingerprint density at radius 2 is 2.00 bits per heavy atom. The molecule has 0 fully saturated rings. The highest BCUT2D eigenvalue weighted by Gasteiger charge is 2.02. The highest BCUT2D eigenvalue weighted by Crippen LogP contribution is 2.26. The van der Waals surface area contributed by atoms with Crippen LogP contribution in [0, 0.1) is 3.57 Å². The Morgan fingerprint density at radius 3 is 2.69 bits per heavy atom. The van der Waals surface area contributed by atoms with Crippen LogP contribution in [0.15, 0.2) is 43.0 Å². The molecular formula is C15H13I. The van der Waals surface area contributed by atoms with Gasteiger partial charge in [0.1, 0.15) is 0 Å². The molecule has 0 amide bonds. The van der Waals surface area contributed by atoms with Crippen molar-refractivity contribution in [3.05, 3.63) is 57.7 Å². The average Bonchev–Trinajstić information content (AvgIpc) is 2.29. The molecule has 0 atom stereocenters. The number of benzene rings is 2. The van der Waals surface area contributed by atoms with Crippen molar-refractivity contribution in [2.75, 3.05) is 0 Å². The third kappa shape index (κ3) is 2.05. The molecule has 0 heterocycles. The van der Waals surface area contributed by atoms with Crippen LogP contribution in [-0.4, -0.2) is 0 Å². The highest BCUT2D eigenvalue weighted by atomic mass is 127. The van der Waals surface area contributed by atoms with Crippen LogP contribution in [0.25, 0.3) is 22.9 Å². The number of rotatable bonds is 2. The molecule has 0 nitrogen and oxygen atoms in total. The fourth-order valence-corrected chi connectivity index (χ4v) is 2.39. The van der Waals surface area contributed by atoms with Gasteiger partial charge in [0.2, 0.25) is 0 Å². The van der Waals surface area contributed by atoms with E-state index < -0.39 is 0 Å². The maximum Gasteiger partial charge on any atom is 0.0136 e. The van der Waals surface area contributed by atoms with E-state index in [2.05, 4.69) is 71.7 Å². The topological polar surface area (TPSA) is 0 Å². The van der Waals surface area contributed by atoms with E-state index in [4.69, 9.17) is 0 Å². The molecule has 16 heavy (non-hydrogen) atoms. The molecule has 0 aliphatic carbocycles. The zero-order valence-corrected chi connectivity index (χ0v) is 11.4. The molecule has 0 unspecified atom stereocenters. The summed E-state index contributed by atoms with van der Waals surface area (Å²) in [5, 5.41) is 2.57. The summed E-state index contributed by atoms with van der Waals surface area (Å²) in [5.41, 5.74) is 2.44. The SMILES string of the molecule is C=Cc1ccc2cc(I)ccc2c1/C=C\C. The number of fused-ring (bicyclic) bond motifs is 1. The maximum absolute atomic E-state index is 3.86. The van der Waals surface area contributed by atoms with E-state index in [1.165, 1.54) is 25.5 Å². The van der Waals surface area contributed by atoms with Crippen molar-refractivity contribution in [3.63, 3.8) is 0 Å². The lowest BCUT2D eigenvalue weighted by Crippen LogP contribution is -1.85. The Morgan fingerprint density at radius 1 is 1.19 bits per heavy atom. The Labute approximate surface area is 110 Å². The normalized spacial score (nSPS) is 11.1. The van der Waals surface area contributed by atoms with Gasteiger partial charge in [-0.2, -0.15) is 0 Å². The molecule has 0 N–H and O–H groups in total. The van der Waals surface area contributed by atoms with Crippen molar-refractivity contribution in [2.45, 2.75) is 6.92 Å². The lowest BCUT2D eigenvalue weighted by molar-refractivity contribution is 1.63. The van der Waals surface area contributed by atoms with E-state index in [0.29, 0.717) is 0 Å². The smallest absolute Gasteiger partial charge is 0.0136 e. The Kier molecular flexibility index (Phi) is 3.44. The van der Waals surface area contributed by atoms with Gasteiger partial charge in [-0.3, -0.25) is 0 Å². The van der Waals surface area contributed by atoms with Gasteiger partial charge in [-0.15, -0.1) is 0 Å². The van der Waals surface area contributed by atoms with E-state index in [9.17, 15) is 0 Å². The largest absolute Gasteiger partial charge is 0.0984 e. The van der Waals surface area contributed by atoms with E-state index in [0.717, 1.165) is 0 Å². The molecule has 2 aromatic carbocycles. The summed E-state index contributed by atoms with van der Waals surface area (Å²) < 4.78 is 1.27. The van der Waals surface area contributed by atoms with Gasteiger partial charge in [-0.25, -0.2) is 0 Å². The van der Waals surface area contributed by atoms with Crippen molar-refractivity contribution in [1.29, 1.82) is 0 Å². The van der Waals surface area contributed by atoms with Gasteiger partial charge in [0.15, 0.2) is 0 Å². The summed E-state index contributed by atoms with van der Waals surface area (Å²) in [7, 11) is 0. The third-order valence-corrected chi connectivity index (χ3v) is 3.28. The lowest BCUT2D eigenvalue weighted by Gasteiger charge is -2.07. The number of allylic oxidation sites excluding steroid dienone is 1. The van der Waals surface area contributed by atoms with Crippen LogP contribution in [0.4, 0.5) is 0 Å². The van der Waals surface area contributed by atoms with Crippen LogP contribution in [0.3, 0.4) is 0 Å². The van der Waals surface area contributed by atoms with Crippen LogP contribution < -0.4 is 0 Å². The van der Waals surface area contributed by atoms with Crippen molar-refractivity contribution >= 4 is 45.5 Å². The molecule has 2 aromatic rings. The van der Waals surface area contributed by atoms with Gasteiger partial charge in [0.05, 0.1) is 0 Å². The molecule has 0 aliphatic heterocycles. The first-order valence-electron chi connectivity index (χ1n) is 5.23. The summed E-state index contributed by atoms with van der Waals surface area (Å²) in [6, 6.07) is 10.8. The van der Waals surface area contributed by atoms with Gasteiger partial charge in [-0.05, 0) is 63.5 Å². The second kappa shape index (κ2) is 4.83. The second-order valence-corrected chi connectivity index (χ2v) is 4.88. The zero-order valence-electron chi connectivity index (χ0n) is 9.20. The Hall–Kier alpha value is -1.09. The minimum Gasteiger partial charge on any atom is -0.0984 e.